The summed E-state index contributed by atoms with van der Waals surface area (Å²) in [6.07, 6.45) is 1.75. The number of imidazole rings is 1. The van der Waals surface area contributed by atoms with Gasteiger partial charge < -0.3 is 16.0 Å². The monoisotopic (exact) mass is 254 g/mol. The van der Waals surface area contributed by atoms with Crippen LogP contribution in [0.5, 0.6) is 0 Å². The van der Waals surface area contributed by atoms with Crippen LogP contribution in [0.3, 0.4) is 0 Å². The molecule has 0 bridgehead atoms. The Morgan fingerprint density at radius 2 is 2.16 bits per heavy atom. The van der Waals surface area contributed by atoms with Crippen LogP contribution in [-0.4, -0.2) is 19.9 Å². The molecule has 3 rings (SSSR count). The Morgan fingerprint density at radius 1 is 1.26 bits per heavy atom. The van der Waals surface area contributed by atoms with Crippen LogP contribution in [0.1, 0.15) is 11.5 Å². The van der Waals surface area contributed by atoms with Gasteiger partial charge in [0.1, 0.15) is 5.82 Å². The molecule has 0 saturated carbocycles. The Balaban J connectivity index is 1.78. The molecule has 1 aromatic carbocycles. The Labute approximate surface area is 110 Å². The number of aryl methyl sites for hydroxylation is 1. The molecule has 0 unspecified atom stereocenters. The summed E-state index contributed by atoms with van der Waals surface area (Å²) in [5.41, 5.74) is 9.17. The number of anilines is 2. The molecule has 6 nitrogen and oxygen atoms in total. The number of fused-ring (bicyclic) bond motifs is 1. The number of hydrogen-bond acceptors (Lipinski definition) is 5. The van der Waals surface area contributed by atoms with E-state index in [4.69, 9.17) is 5.73 Å². The fourth-order valence-electron chi connectivity index (χ4n) is 1.89. The molecule has 0 aliphatic carbocycles. The number of aromatic nitrogens is 4. The zero-order chi connectivity index (χ0) is 13.2. The van der Waals surface area contributed by atoms with Crippen LogP contribution >= 0.6 is 0 Å². The molecule has 19 heavy (non-hydrogen) atoms. The summed E-state index contributed by atoms with van der Waals surface area (Å²) in [7, 11) is 0. The highest BCUT2D eigenvalue weighted by atomic mass is 15.1. The maximum atomic E-state index is 5.73. The van der Waals surface area contributed by atoms with Gasteiger partial charge in [-0.15, -0.1) is 0 Å². The largest absolute Gasteiger partial charge is 0.399 e. The van der Waals surface area contributed by atoms with E-state index in [0.717, 1.165) is 22.6 Å². The number of H-pyrrole nitrogens is 1. The molecule has 3 aromatic rings. The number of hydrogen-bond donors (Lipinski definition) is 3. The normalized spacial score (nSPS) is 10.8. The van der Waals surface area contributed by atoms with Gasteiger partial charge in [-0.1, -0.05) is 0 Å². The number of rotatable bonds is 3. The second kappa shape index (κ2) is 4.56. The smallest absolute Gasteiger partial charge is 0.201 e. The standard InChI is InChI=1S/C13H14N6/c1-8-15-5-4-10(17-8)7-16-13-18-11-3-2-9(14)6-12(11)19-13/h2-6H,7,14H2,1H3,(H2,16,18,19). The summed E-state index contributed by atoms with van der Waals surface area (Å²) in [5, 5.41) is 3.20. The third-order valence-corrected chi connectivity index (χ3v) is 2.78. The average Bonchev–Trinajstić information content (AvgIpc) is 2.78. The minimum atomic E-state index is 0.596. The fraction of sp³-hybridized carbons (Fsp3) is 0.154. The van der Waals surface area contributed by atoms with Gasteiger partial charge in [0, 0.05) is 11.9 Å². The number of benzene rings is 1. The van der Waals surface area contributed by atoms with Crippen LogP contribution in [0.25, 0.3) is 11.0 Å². The van der Waals surface area contributed by atoms with Crippen molar-refractivity contribution in [3.05, 3.63) is 42.0 Å². The van der Waals surface area contributed by atoms with Crippen molar-refractivity contribution in [1.29, 1.82) is 0 Å². The van der Waals surface area contributed by atoms with Crippen molar-refractivity contribution >= 4 is 22.7 Å². The SMILES string of the molecule is Cc1nccc(CNc2nc3ccc(N)cc3[nH]2)n1. The minimum absolute atomic E-state index is 0.596. The van der Waals surface area contributed by atoms with Crippen molar-refractivity contribution in [2.75, 3.05) is 11.1 Å². The molecule has 4 N–H and O–H groups in total. The molecule has 0 aliphatic heterocycles. The minimum Gasteiger partial charge on any atom is -0.399 e. The maximum Gasteiger partial charge on any atom is 0.201 e. The van der Waals surface area contributed by atoms with E-state index in [1.54, 1.807) is 6.20 Å². The first-order valence-corrected chi connectivity index (χ1v) is 5.98. The summed E-state index contributed by atoms with van der Waals surface area (Å²) in [6.45, 7) is 2.46. The first-order valence-electron chi connectivity index (χ1n) is 5.98. The van der Waals surface area contributed by atoms with Crippen molar-refractivity contribution in [1.82, 2.24) is 19.9 Å². The number of nitrogens with one attached hydrogen (secondary N) is 2. The molecular weight excluding hydrogens is 240 g/mol. The molecule has 0 fully saturated rings. The lowest BCUT2D eigenvalue weighted by molar-refractivity contribution is 0.947. The van der Waals surface area contributed by atoms with E-state index in [0.29, 0.717) is 18.2 Å². The molecule has 0 atom stereocenters. The molecule has 2 heterocycles. The number of nitrogen functional groups attached to an aromatic ring is 1. The van der Waals surface area contributed by atoms with Gasteiger partial charge in [0.15, 0.2) is 0 Å². The quantitative estimate of drug-likeness (QED) is 0.620. The Bertz CT molecular complexity index is 718. The molecule has 0 saturated heterocycles. The summed E-state index contributed by atoms with van der Waals surface area (Å²) in [4.78, 5) is 16.0. The molecule has 2 aromatic heterocycles. The van der Waals surface area contributed by atoms with E-state index in [1.807, 2.05) is 31.2 Å². The predicted octanol–water partition coefficient (Wildman–Crippen LogP) is 1.86. The summed E-state index contributed by atoms with van der Waals surface area (Å²) in [6, 6.07) is 7.46. The molecule has 96 valence electrons. The molecule has 0 radical (unpaired) electrons. The summed E-state index contributed by atoms with van der Waals surface area (Å²) >= 11 is 0. The lowest BCUT2D eigenvalue weighted by atomic mass is 10.3. The van der Waals surface area contributed by atoms with E-state index < -0.39 is 0 Å². The number of aromatic amines is 1. The highest BCUT2D eigenvalue weighted by Gasteiger charge is 2.03. The molecular formula is C13H14N6. The van der Waals surface area contributed by atoms with Crippen LogP contribution in [0.4, 0.5) is 11.6 Å². The second-order valence-electron chi connectivity index (χ2n) is 4.31. The Morgan fingerprint density at radius 3 is 3.00 bits per heavy atom. The first-order chi connectivity index (χ1) is 9.20. The van der Waals surface area contributed by atoms with E-state index in [-0.39, 0.29) is 0 Å². The lowest BCUT2D eigenvalue weighted by Crippen LogP contribution is -2.04. The lowest BCUT2D eigenvalue weighted by Gasteiger charge is -2.02. The number of nitrogens with zero attached hydrogens (tertiary/aromatic N) is 3. The Kier molecular flexibility index (Phi) is 2.75. The van der Waals surface area contributed by atoms with E-state index in [2.05, 4.69) is 25.3 Å². The van der Waals surface area contributed by atoms with E-state index in [9.17, 15) is 0 Å². The van der Waals surface area contributed by atoms with Crippen molar-refractivity contribution in [2.45, 2.75) is 13.5 Å². The van der Waals surface area contributed by atoms with Crippen molar-refractivity contribution in [3.8, 4) is 0 Å². The second-order valence-corrected chi connectivity index (χ2v) is 4.31. The van der Waals surface area contributed by atoms with Crippen LogP contribution in [0.2, 0.25) is 0 Å². The number of nitrogens with two attached hydrogens (primary N) is 1. The zero-order valence-electron chi connectivity index (χ0n) is 10.5. The first kappa shape index (κ1) is 11.5. The van der Waals surface area contributed by atoms with Crippen molar-refractivity contribution in [3.63, 3.8) is 0 Å². The molecule has 0 amide bonds. The van der Waals surface area contributed by atoms with Crippen molar-refractivity contribution < 1.29 is 0 Å². The van der Waals surface area contributed by atoms with Gasteiger partial charge in [-0.3, -0.25) is 0 Å². The van der Waals surface area contributed by atoms with Crippen LogP contribution in [0, 0.1) is 6.92 Å². The highest BCUT2D eigenvalue weighted by molar-refractivity contribution is 5.80. The van der Waals surface area contributed by atoms with Gasteiger partial charge in [-0.25, -0.2) is 15.0 Å². The van der Waals surface area contributed by atoms with Gasteiger partial charge in [-0.05, 0) is 31.2 Å². The van der Waals surface area contributed by atoms with Crippen LogP contribution < -0.4 is 11.1 Å². The van der Waals surface area contributed by atoms with Crippen LogP contribution in [0.15, 0.2) is 30.5 Å². The van der Waals surface area contributed by atoms with Gasteiger partial charge in [0.2, 0.25) is 5.95 Å². The Hall–Kier alpha value is -2.63. The highest BCUT2D eigenvalue weighted by Crippen LogP contribution is 2.17. The molecule has 0 spiro atoms. The summed E-state index contributed by atoms with van der Waals surface area (Å²) in [5.74, 6) is 1.47. The molecule has 6 heteroatoms. The van der Waals surface area contributed by atoms with E-state index in [1.165, 1.54) is 0 Å². The third-order valence-electron chi connectivity index (χ3n) is 2.78. The van der Waals surface area contributed by atoms with Gasteiger partial charge in [-0.2, -0.15) is 0 Å². The maximum absolute atomic E-state index is 5.73. The predicted molar refractivity (Wildman–Crippen MR) is 74.6 cm³/mol. The average molecular weight is 254 g/mol. The fourth-order valence-corrected chi connectivity index (χ4v) is 1.89. The zero-order valence-corrected chi connectivity index (χ0v) is 10.5. The summed E-state index contributed by atoms with van der Waals surface area (Å²) < 4.78 is 0. The van der Waals surface area contributed by atoms with Gasteiger partial charge in [0.25, 0.3) is 0 Å². The van der Waals surface area contributed by atoms with Gasteiger partial charge in [0.05, 0.1) is 23.3 Å². The third kappa shape index (κ3) is 2.47. The van der Waals surface area contributed by atoms with E-state index >= 15 is 0 Å². The van der Waals surface area contributed by atoms with Crippen LogP contribution in [-0.2, 0) is 6.54 Å². The van der Waals surface area contributed by atoms with Crippen molar-refractivity contribution in [2.24, 2.45) is 0 Å². The molecule has 0 aliphatic rings. The topological polar surface area (TPSA) is 92.5 Å². The van der Waals surface area contributed by atoms with Gasteiger partial charge >= 0.3 is 0 Å².